The van der Waals surface area contributed by atoms with Crippen LogP contribution in [0.3, 0.4) is 0 Å². The van der Waals surface area contributed by atoms with E-state index in [-0.39, 0.29) is 18.4 Å². The molecule has 0 radical (unpaired) electrons. The van der Waals surface area contributed by atoms with Crippen molar-refractivity contribution in [3.05, 3.63) is 71.8 Å². The van der Waals surface area contributed by atoms with Gasteiger partial charge in [-0.1, -0.05) is 60.7 Å². The van der Waals surface area contributed by atoms with Gasteiger partial charge in [0.1, 0.15) is 12.3 Å². The maximum absolute atomic E-state index is 12.2. The highest BCUT2D eigenvalue weighted by Crippen LogP contribution is 2.06. The highest BCUT2D eigenvalue weighted by atomic mass is 16.2. The molecule has 0 aromatic heterocycles. The average Bonchev–Trinajstić information content (AvgIpc) is 2.65. The van der Waals surface area contributed by atoms with Crippen molar-refractivity contribution in [3.63, 3.8) is 0 Å². The minimum atomic E-state index is -0.703. The molecule has 0 unspecified atom stereocenters. The molecule has 5 heteroatoms. The molecule has 0 aliphatic carbocycles. The van der Waals surface area contributed by atoms with E-state index in [1.165, 1.54) is 0 Å². The second kappa shape index (κ2) is 10.0. The molecule has 0 fully saturated rings. The predicted octanol–water partition coefficient (Wildman–Crippen LogP) is 1.66. The number of carbonyl (C=O) groups excluding carboxylic acids is 3. The molecule has 2 N–H and O–H groups in total. The van der Waals surface area contributed by atoms with Crippen LogP contribution < -0.4 is 10.6 Å². The molecule has 130 valence electrons. The van der Waals surface area contributed by atoms with Crippen LogP contribution in [-0.2, 0) is 27.2 Å². The number of hydrogen-bond acceptors (Lipinski definition) is 3. The molecule has 0 heterocycles. The van der Waals surface area contributed by atoms with Crippen molar-refractivity contribution in [3.8, 4) is 0 Å². The van der Waals surface area contributed by atoms with E-state index in [9.17, 15) is 14.4 Å². The summed E-state index contributed by atoms with van der Waals surface area (Å²) in [6.07, 6.45) is 1.91. The molecule has 5 nitrogen and oxygen atoms in total. The Labute approximate surface area is 147 Å². The fourth-order valence-electron chi connectivity index (χ4n) is 2.49. The fourth-order valence-corrected chi connectivity index (χ4v) is 2.49. The van der Waals surface area contributed by atoms with Gasteiger partial charge in [0.15, 0.2) is 0 Å². The zero-order valence-corrected chi connectivity index (χ0v) is 14.0. The average molecular weight is 338 g/mol. The number of aldehydes is 1. The number of carbonyl (C=O) groups is 3. The van der Waals surface area contributed by atoms with Crippen LogP contribution in [0.2, 0.25) is 0 Å². The molecule has 2 aromatic rings. The maximum Gasteiger partial charge on any atom is 0.243 e. The van der Waals surface area contributed by atoms with Crippen LogP contribution in [0.4, 0.5) is 0 Å². The Morgan fingerprint density at radius 2 is 1.52 bits per heavy atom. The SMILES string of the molecule is O=CCNC(=O)[C@H](Cc1ccccc1)NC(=O)CCc1ccccc1. The Balaban J connectivity index is 1.95. The summed E-state index contributed by atoms with van der Waals surface area (Å²) < 4.78 is 0. The lowest BCUT2D eigenvalue weighted by molar-refractivity contribution is -0.129. The van der Waals surface area contributed by atoms with Crippen molar-refractivity contribution >= 4 is 18.1 Å². The molecule has 0 spiro atoms. The van der Waals surface area contributed by atoms with Crippen molar-refractivity contribution in [1.82, 2.24) is 10.6 Å². The lowest BCUT2D eigenvalue weighted by Gasteiger charge is -2.18. The van der Waals surface area contributed by atoms with Crippen molar-refractivity contribution in [2.45, 2.75) is 25.3 Å². The van der Waals surface area contributed by atoms with Crippen molar-refractivity contribution in [2.24, 2.45) is 0 Å². The summed E-state index contributed by atoms with van der Waals surface area (Å²) in [5.41, 5.74) is 2.01. The zero-order chi connectivity index (χ0) is 17.9. The molecule has 2 rings (SSSR count). The second-order valence-electron chi connectivity index (χ2n) is 5.71. The Morgan fingerprint density at radius 3 is 2.12 bits per heavy atom. The van der Waals surface area contributed by atoms with Gasteiger partial charge in [-0.05, 0) is 17.5 Å². The van der Waals surface area contributed by atoms with E-state index in [0.717, 1.165) is 11.1 Å². The van der Waals surface area contributed by atoms with E-state index in [2.05, 4.69) is 10.6 Å². The minimum absolute atomic E-state index is 0.0655. The summed E-state index contributed by atoms with van der Waals surface area (Å²) in [6, 6.07) is 18.5. The normalized spacial score (nSPS) is 11.4. The van der Waals surface area contributed by atoms with Gasteiger partial charge in [0.2, 0.25) is 11.8 Å². The van der Waals surface area contributed by atoms with Crippen molar-refractivity contribution < 1.29 is 14.4 Å². The quantitative estimate of drug-likeness (QED) is 0.683. The smallest absolute Gasteiger partial charge is 0.243 e. The first-order valence-electron chi connectivity index (χ1n) is 8.27. The lowest BCUT2D eigenvalue weighted by atomic mass is 10.0. The number of hydrogen-bond donors (Lipinski definition) is 2. The number of benzene rings is 2. The first-order valence-corrected chi connectivity index (χ1v) is 8.27. The third kappa shape index (κ3) is 6.59. The summed E-state index contributed by atoms with van der Waals surface area (Å²) in [6.45, 7) is -0.0655. The maximum atomic E-state index is 12.2. The monoisotopic (exact) mass is 338 g/mol. The molecule has 1 atom stereocenters. The molecule has 2 amide bonds. The van der Waals surface area contributed by atoms with Crippen LogP contribution in [-0.4, -0.2) is 30.7 Å². The van der Waals surface area contributed by atoms with Gasteiger partial charge in [-0.15, -0.1) is 0 Å². The third-order valence-electron chi connectivity index (χ3n) is 3.78. The number of aryl methyl sites for hydroxylation is 1. The molecule has 0 aliphatic rings. The molecule has 25 heavy (non-hydrogen) atoms. The summed E-state index contributed by atoms with van der Waals surface area (Å²) in [7, 11) is 0. The number of rotatable bonds is 9. The highest BCUT2D eigenvalue weighted by Gasteiger charge is 2.20. The van der Waals surface area contributed by atoms with E-state index in [4.69, 9.17) is 0 Å². The van der Waals surface area contributed by atoms with Crippen LogP contribution in [0.5, 0.6) is 0 Å². The Hall–Kier alpha value is -2.95. The van der Waals surface area contributed by atoms with Crippen molar-refractivity contribution in [2.75, 3.05) is 6.54 Å². The van der Waals surface area contributed by atoms with E-state index in [0.29, 0.717) is 25.5 Å². The zero-order valence-electron chi connectivity index (χ0n) is 14.0. The summed E-state index contributed by atoms with van der Waals surface area (Å²) in [5.74, 6) is -0.546. The molecule has 0 aliphatic heterocycles. The molecular weight excluding hydrogens is 316 g/mol. The molecule has 0 bridgehead atoms. The van der Waals surface area contributed by atoms with Gasteiger partial charge < -0.3 is 15.4 Å². The Bertz CT molecular complexity index is 687. The summed E-state index contributed by atoms with van der Waals surface area (Å²) in [5, 5.41) is 5.29. The molecule has 0 saturated heterocycles. The fraction of sp³-hybridized carbons (Fsp3) is 0.250. The topological polar surface area (TPSA) is 75.3 Å². The van der Waals surface area contributed by atoms with Gasteiger partial charge in [0.25, 0.3) is 0 Å². The molecular formula is C20H22N2O3. The summed E-state index contributed by atoms with van der Waals surface area (Å²) >= 11 is 0. The summed E-state index contributed by atoms with van der Waals surface area (Å²) in [4.78, 5) is 34.9. The van der Waals surface area contributed by atoms with Crippen LogP contribution in [0.1, 0.15) is 17.5 Å². The van der Waals surface area contributed by atoms with Gasteiger partial charge in [-0.3, -0.25) is 9.59 Å². The predicted molar refractivity (Wildman–Crippen MR) is 95.9 cm³/mol. The van der Waals surface area contributed by atoms with Gasteiger partial charge in [-0.2, -0.15) is 0 Å². The number of amides is 2. The Morgan fingerprint density at radius 1 is 0.920 bits per heavy atom. The van der Waals surface area contributed by atoms with Crippen LogP contribution in [0, 0.1) is 0 Å². The van der Waals surface area contributed by atoms with Crippen molar-refractivity contribution in [1.29, 1.82) is 0 Å². The third-order valence-corrected chi connectivity index (χ3v) is 3.78. The van der Waals surface area contributed by atoms with E-state index >= 15 is 0 Å². The van der Waals surface area contributed by atoms with E-state index in [1.54, 1.807) is 0 Å². The highest BCUT2D eigenvalue weighted by molar-refractivity contribution is 5.88. The first-order chi connectivity index (χ1) is 12.2. The lowest BCUT2D eigenvalue weighted by Crippen LogP contribution is -2.48. The standard InChI is InChI=1S/C20H22N2O3/c23-14-13-21-20(25)18(15-17-9-5-2-6-10-17)22-19(24)12-11-16-7-3-1-4-8-16/h1-10,14,18H,11-13,15H2,(H,21,25)(H,22,24)/t18-/m0/s1. The van der Waals surface area contributed by atoms with Gasteiger partial charge in [0, 0.05) is 12.8 Å². The van der Waals surface area contributed by atoms with Gasteiger partial charge in [0.05, 0.1) is 6.54 Å². The van der Waals surface area contributed by atoms with Crippen LogP contribution in [0.15, 0.2) is 60.7 Å². The van der Waals surface area contributed by atoms with E-state index in [1.807, 2.05) is 60.7 Å². The first kappa shape index (κ1) is 18.4. The van der Waals surface area contributed by atoms with Gasteiger partial charge in [-0.25, -0.2) is 0 Å². The van der Waals surface area contributed by atoms with Crippen LogP contribution >= 0.6 is 0 Å². The molecule has 0 saturated carbocycles. The Kier molecular flexibility index (Phi) is 7.38. The number of nitrogens with one attached hydrogen (secondary N) is 2. The largest absolute Gasteiger partial charge is 0.348 e. The minimum Gasteiger partial charge on any atom is -0.348 e. The molecule has 2 aromatic carbocycles. The van der Waals surface area contributed by atoms with Crippen LogP contribution in [0.25, 0.3) is 0 Å². The van der Waals surface area contributed by atoms with Gasteiger partial charge >= 0.3 is 0 Å². The second-order valence-corrected chi connectivity index (χ2v) is 5.71. The van der Waals surface area contributed by atoms with E-state index < -0.39 is 6.04 Å².